The summed E-state index contributed by atoms with van der Waals surface area (Å²) in [5, 5.41) is 2.17. The van der Waals surface area contributed by atoms with Gasteiger partial charge in [0.05, 0.1) is 11.0 Å². The van der Waals surface area contributed by atoms with E-state index in [9.17, 15) is 13.0 Å². The summed E-state index contributed by atoms with van der Waals surface area (Å²) in [5.74, 6) is 0.585. The second kappa shape index (κ2) is 7.87. The number of nitrogens with zero attached hydrogens (tertiary/aromatic N) is 1. The van der Waals surface area contributed by atoms with Gasteiger partial charge < -0.3 is 8.97 Å². The van der Waals surface area contributed by atoms with Gasteiger partial charge in [0.15, 0.2) is 0 Å². The molecule has 2 aromatic carbocycles. The molecule has 0 amide bonds. The summed E-state index contributed by atoms with van der Waals surface area (Å²) in [5.41, 5.74) is 2.21. The SMILES string of the molecule is CC[N+](CC)=c1ccc2c(-c3ccccc3S(=O)(=O)[O-])c3ccc(Cl)cc3oc-2c1. The van der Waals surface area contributed by atoms with Gasteiger partial charge in [-0.25, -0.2) is 13.0 Å². The summed E-state index contributed by atoms with van der Waals surface area (Å²) >= 11 is 6.18. The molecule has 0 fully saturated rings. The topological polar surface area (TPSA) is 73.3 Å². The maximum absolute atomic E-state index is 12.0. The van der Waals surface area contributed by atoms with Crippen molar-refractivity contribution in [3.8, 4) is 22.5 Å². The molecule has 1 heterocycles. The quantitative estimate of drug-likeness (QED) is 0.264. The van der Waals surface area contributed by atoms with Crippen LogP contribution in [-0.2, 0) is 10.1 Å². The second-order valence-corrected chi connectivity index (χ2v) is 8.71. The highest BCUT2D eigenvalue weighted by molar-refractivity contribution is 7.85. The number of halogens is 1. The molecule has 0 N–H and O–H groups in total. The molecule has 30 heavy (non-hydrogen) atoms. The van der Waals surface area contributed by atoms with E-state index in [4.69, 9.17) is 16.0 Å². The predicted octanol–water partition coefficient (Wildman–Crippen LogP) is 4.57. The van der Waals surface area contributed by atoms with Crippen LogP contribution in [0.25, 0.3) is 33.4 Å². The monoisotopic (exact) mass is 441 g/mol. The van der Waals surface area contributed by atoms with Crippen LogP contribution in [0.1, 0.15) is 13.8 Å². The molecule has 7 heteroatoms. The van der Waals surface area contributed by atoms with Crippen molar-refractivity contribution in [2.24, 2.45) is 0 Å². The molecular formula is C23H20ClNO4S. The summed E-state index contributed by atoms with van der Waals surface area (Å²) < 4.78 is 44.2. The third-order valence-corrected chi connectivity index (χ3v) is 6.35. The molecule has 1 aliphatic heterocycles. The molecule has 0 saturated heterocycles. The van der Waals surface area contributed by atoms with Crippen molar-refractivity contribution in [1.29, 1.82) is 0 Å². The minimum Gasteiger partial charge on any atom is -0.744 e. The summed E-state index contributed by atoms with van der Waals surface area (Å²) in [6, 6.07) is 17.2. The molecular weight excluding hydrogens is 422 g/mol. The van der Waals surface area contributed by atoms with Crippen LogP contribution in [0, 0.1) is 0 Å². The van der Waals surface area contributed by atoms with Crippen LogP contribution in [-0.4, -0.2) is 26.1 Å². The highest BCUT2D eigenvalue weighted by atomic mass is 35.5. The zero-order valence-electron chi connectivity index (χ0n) is 16.6. The Labute approximate surface area is 180 Å². The molecule has 0 bridgehead atoms. The van der Waals surface area contributed by atoms with Gasteiger partial charge in [-0.05, 0) is 38.1 Å². The third kappa shape index (κ3) is 3.62. The highest BCUT2D eigenvalue weighted by Crippen LogP contribution is 2.42. The normalized spacial score (nSPS) is 11.9. The fourth-order valence-corrected chi connectivity index (χ4v) is 4.67. The van der Waals surface area contributed by atoms with E-state index >= 15 is 0 Å². The van der Waals surface area contributed by atoms with Crippen molar-refractivity contribution in [2.45, 2.75) is 18.7 Å². The van der Waals surface area contributed by atoms with Crippen molar-refractivity contribution in [1.82, 2.24) is 4.58 Å². The van der Waals surface area contributed by atoms with E-state index in [1.165, 1.54) is 6.07 Å². The van der Waals surface area contributed by atoms with E-state index in [-0.39, 0.29) is 4.90 Å². The third-order valence-electron chi connectivity index (χ3n) is 5.22. The molecule has 2 aromatic rings. The van der Waals surface area contributed by atoms with Gasteiger partial charge >= 0.3 is 0 Å². The van der Waals surface area contributed by atoms with Gasteiger partial charge in [-0.3, -0.25) is 0 Å². The van der Waals surface area contributed by atoms with Gasteiger partial charge in [0.25, 0.3) is 0 Å². The molecule has 1 aliphatic carbocycles. The Balaban J connectivity index is 2.20. The van der Waals surface area contributed by atoms with Gasteiger partial charge in [0.1, 0.15) is 34.6 Å². The van der Waals surface area contributed by atoms with Crippen molar-refractivity contribution < 1.29 is 17.4 Å². The van der Waals surface area contributed by atoms with Crippen molar-refractivity contribution >= 4 is 32.7 Å². The first-order chi connectivity index (χ1) is 14.3. The van der Waals surface area contributed by atoms with E-state index < -0.39 is 10.1 Å². The molecule has 0 saturated carbocycles. The lowest BCUT2D eigenvalue weighted by atomic mass is 9.93. The van der Waals surface area contributed by atoms with Gasteiger partial charge in [0.2, 0.25) is 5.36 Å². The number of benzene rings is 3. The molecule has 0 spiro atoms. The Morgan fingerprint density at radius 1 is 0.967 bits per heavy atom. The van der Waals surface area contributed by atoms with E-state index in [0.717, 1.165) is 24.0 Å². The number of hydrogen-bond acceptors (Lipinski definition) is 4. The Morgan fingerprint density at radius 2 is 1.70 bits per heavy atom. The average molecular weight is 442 g/mol. The van der Waals surface area contributed by atoms with Crippen LogP contribution in [0.4, 0.5) is 0 Å². The van der Waals surface area contributed by atoms with Crippen molar-refractivity contribution in [2.75, 3.05) is 13.1 Å². The first kappa shape index (κ1) is 20.6. The molecule has 2 aliphatic rings. The van der Waals surface area contributed by atoms with E-state index in [1.54, 1.807) is 36.4 Å². The van der Waals surface area contributed by atoms with Gasteiger partial charge in [-0.2, -0.15) is 0 Å². The van der Waals surface area contributed by atoms with Gasteiger partial charge in [-0.15, -0.1) is 0 Å². The van der Waals surface area contributed by atoms with Gasteiger partial charge in [-0.1, -0.05) is 29.8 Å². The number of rotatable bonds is 4. The lowest BCUT2D eigenvalue weighted by Crippen LogP contribution is -2.29. The van der Waals surface area contributed by atoms with Crippen LogP contribution in [0.3, 0.4) is 0 Å². The highest BCUT2D eigenvalue weighted by Gasteiger charge is 2.21. The first-order valence-corrected chi connectivity index (χ1v) is 11.4. The predicted molar refractivity (Wildman–Crippen MR) is 118 cm³/mol. The molecule has 4 rings (SSSR count). The van der Waals surface area contributed by atoms with E-state index in [0.29, 0.717) is 32.9 Å². The maximum atomic E-state index is 12.0. The van der Waals surface area contributed by atoms with Crippen molar-refractivity contribution in [3.63, 3.8) is 0 Å². The van der Waals surface area contributed by atoms with Crippen LogP contribution in [0.5, 0.6) is 0 Å². The van der Waals surface area contributed by atoms with Gasteiger partial charge in [0, 0.05) is 39.2 Å². The maximum Gasteiger partial charge on any atom is 0.203 e. The first-order valence-electron chi connectivity index (χ1n) is 9.63. The standard InChI is InChI=1S/C23H20ClNO4S/c1-3-25(4-2)16-10-12-18-21(14-16)29-20-13-15(24)9-11-17(20)23(18)19-7-5-6-8-22(19)30(26,27)28/h5-14H,3-4H2,1-2H3. The minimum absolute atomic E-state index is 0.262. The molecule has 0 aromatic heterocycles. The van der Waals surface area contributed by atoms with Crippen LogP contribution in [0.15, 0.2) is 70.0 Å². The number of fused-ring (bicyclic) bond motifs is 2. The summed E-state index contributed by atoms with van der Waals surface area (Å²) in [7, 11) is -4.67. The number of hydrogen-bond donors (Lipinski definition) is 0. The Bertz CT molecular complexity index is 1400. The summed E-state index contributed by atoms with van der Waals surface area (Å²) in [6.07, 6.45) is 0. The Kier molecular flexibility index (Phi) is 5.40. The van der Waals surface area contributed by atoms with Crippen molar-refractivity contribution in [3.05, 3.63) is 71.0 Å². The zero-order chi connectivity index (χ0) is 21.5. The molecule has 0 atom stereocenters. The Hall–Kier alpha value is -2.67. The fourth-order valence-electron chi connectivity index (χ4n) is 3.82. The zero-order valence-corrected chi connectivity index (χ0v) is 18.1. The lowest BCUT2D eigenvalue weighted by Gasteiger charge is -2.19. The fraction of sp³-hybridized carbons (Fsp3) is 0.174. The van der Waals surface area contributed by atoms with Crippen LogP contribution < -0.4 is 9.93 Å². The summed E-state index contributed by atoms with van der Waals surface area (Å²) in [6.45, 7) is 5.83. The van der Waals surface area contributed by atoms with E-state index in [1.807, 2.05) is 18.2 Å². The van der Waals surface area contributed by atoms with Crippen LogP contribution >= 0.6 is 11.6 Å². The Morgan fingerprint density at radius 3 is 2.40 bits per heavy atom. The van der Waals surface area contributed by atoms with Crippen LogP contribution in [0.2, 0.25) is 5.02 Å². The molecule has 0 unspecified atom stereocenters. The average Bonchev–Trinajstić information content (AvgIpc) is 2.72. The van der Waals surface area contributed by atoms with E-state index in [2.05, 4.69) is 18.4 Å². The smallest absolute Gasteiger partial charge is 0.203 e. The molecule has 0 radical (unpaired) electrons. The summed E-state index contributed by atoms with van der Waals surface area (Å²) in [4.78, 5) is -0.262. The lowest BCUT2D eigenvalue weighted by molar-refractivity contribution is 0.463. The molecule has 5 nitrogen and oxygen atoms in total. The largest absolute Gasteiger partial charge is 0.744 e. The molecule has 154 valence electrons. The minimum atomic E-state index is -4.67. The second-order valence-electron chi connectivity index (χ2n) is 6.92.